The number of hydrogen-bond acceptors (Lipinski definition) is 3. The maximum absolute atomic E-state index is 4.91. The molecular weight excluding hydrogens is 236 g/mol. The second kappa shape index (κ2) is 4.04. The van der Waals surface area contributed by atoms with E-state index in [0.29, 0.717) is 6.04 Å². The van der Waals surface area contributed by atoms with E-state index in [9.17, 15) is 0 Å². The summed E-state index contributed by atoms with van der Waals surface area (Å²) in [4.78, 5) is 9.13. The number of fused-ring (bicyclic) bond motifs is 1. The van der Waals surface area contributed by atoms with E-state index in [1.807, 2.05) is 12.4 Å². The maximum atomic E-state index is 4.91. The van der Waals surface area contributed by atoms with Gasteiger partial charge < -0.3 is 9.88 Å². The van der Waals surface area contributed by atoms with Crippen LogP contribution in [-0.4, -0.2) is 21.1 Å². The molecule has 2 aromatic rings. The van der Waals surface area contributed by atoms with E-state index in [2.05, 4.69) is 27.9 Å². The first-order valence-electron chi connectivity index (χ1n) is 7.35. The van der Waals surface area contributed by atoms with Gasteiger partial charge in [0.25, 0.3) is 0 Å². The predicted octanol–water partition coefficient (Wildman–Crippen LogP) is 2.75. The van der Waals surface area contributed by atoms with Crippen molar-refractivity contribution >= 4 is 11.0 Å². The second-order valence-corrected chi connectivity index (χ2v) is 6.12. The third-order valence-corrected chi connectivity index (χ3v) is 4.52. The quantitative estimate of drug-likeness (QED) is 0.898. The fraction of sp³-hybridized carbons (Fsp3) is 0.600. The average molecular weight is 256 g/mol. The van der Waals surface area contributed by atoms with E-state index in [1.165, 1.54) is 43.4 Å². The summed E-state index contributed by atoms with van der Waals surface area (Å²) < 4.78 is 2.47. The fourth-order valence-electron chi connectivity index (χ4n) is 3.29. The molecule has 1 unspecified atom stereocenters. The Balaban J connectivity index is 1.90. The van der Waals surface area contributed by atoms with Crippen molar-refractivity contribution < 1.29 is 0 Å². The van der Waals surface area contributed by atoms with Crippen LogP contribution in [-0.2, 0) is 5.54 Å². The monoisotopic (exact) mass is 256 g/mol. The molecule has 2 aromatic heterocycles. The molecule has 1 aliphatic carbocycles. The average Bonchev–Trinajstić information content (AvgIpc) is 3.19. The molecule has 19 heavy (non-hydrogen) atoms. The van der Waals surface area contributed by atoms with Crippen molar-refractivity contribution in [1.29, 1.82) is 0 Å². The molecule has 4 heteroatoms. The van der Waals surface area contributed by atoms with Crippen LogP contribution < -0.4 is 5.32 Å². The minimum atomic E-state index is 0.0276. The smallest absolute Gasteiger partial charge is 0.130 e. The summed E-state index contributed by atoms with van der Waals surface area (Å²) in [6.07, 6.45) is 10.1. The fourth-order valence-corrected chi connectivity index (χ4v) is 3.29. The number of nitrogens with zero attached hydrogens (tertiary/aromatic N) is 3. The lowest BCUT2D eigenvalue weighted by Gasteiger charge is -2.34. The first-order valence-corrected chi connectivity index (χ1v) is 7.35. The predicted molar refractivity (Wildman–Crippen MR) is 75.0 cm³/mol. The Hall–Kier alpha value is -1.42. The van der Waals surface area contributed by atoms with E-state index < -0.39 is 0 Å². The zero-order valence-electron chi connectivity index (χ0n) is 11.4. The SMILES string of the molecule is CC1(c2nc3cnccc3n2C2CC2)CCCCN1. The molecule has 3 heterocycles. The van der Waals surface area contributed by atoms with Crippen molar-refractivity contribution in [2.75, 3.05) is 6.54 Å². The van der Waals surface area contributed by atoms with Gasteiger partial charge in [0, 0.05) is 12.2 Å². The van der Waals surface area contributed by atoms with Gasteiger partial charge in [-0.1, -0.05) is 0 Å². The molecule has 2 aliphatic rings. The van der Waals surface area contributed by atoms with Crippen LogP contribution in [0.25, 0.3) is 11.0 Å². The third kappa shape index (κ3) is 1.77. The van der Waals surface area contributed by atoms with E-state index in [4.69, 9.17) is 4.98 Å². The molecule has 100 valence electrons. The highest BCUT2D eigenvalue weighted by atomic mass is 15.2. The van der Waals surface area contributed by atoms with Crippen molar-refractivity contribution in [3.8, 4) is 0 Å². The van der Waals surface area contributed by atoms with E-state index >= 15 is 0 Å². The minimum Gasteiger partial charge on any atom is -0.323 e. The molecule has 4 nitrogen and oxygen atoms in total. The summed E-state index contributed by atoms with van der Waals surface area (Å²) in [6.45, 7) is 3.41. The van der Waals surface area contributed by atoms with Gasteiger partial charge in [-0.05, 0) is 51.6 Å². The summed E-state index contributed by atoms with van der Waals surface area (Å²) in [5.74, 6) is 1.22. The summed E-state index contributed by atoms with van der Waals surface area (Å²) in [6, 6.07) is 2.76. The molecule has 1 N–H and O–H groups in total. The van der Waals surface area contributed by atoms with Crippen molar-refractivity contribution in [1.82, 2.24) is 19.9 Å². The van der Waals surface area contributed by atoms with Gasteiger partial charge in [-0.2, -0.15) is 0 Å². The van der Waals surface area contributed by atoms with Gasteiger partial charge in [0.05, 0.1) is 17.3 Å². The Labute approximate surface area is 113 Å². The lowest BCUT2D eigenvalue weighted by Crippen LogP contribution is -2.45. The molecule has 1 aliphatic heterocycles. The van der Waals surface area contributed by atoms with E-state index in [0.717, 1.165) is 12.1 Å². The summed E-state index contributed by atoms with van der Waals surface area (Å²) in [7, 11) is 0. The van der Waals surface area contributed by atoms with Gasteiger partial charge in [-0.15, -0.1) is 0 Å². The highest BCUT2D eigenvalue weighted by Crippen LogP contribution is 2.42. The summed E-state index contributed by atoms with van der Waals surface area (Å²) >= 11 is 0. The zero-order chi connectivity index (χ0) is 12.9. The molecule has 0 amide bonds. The van der Waals surface area contributed by atoms with Gasteiger partial charge in [0.1, 0.15) is 11.3 Å². The molecule has 0 spiro atoms. The third-order valence-electron chi connectivity index (χ3n) is 4.52. The number of piperidine rings is 1. The maximum Gasteiger partial charge on any atom is 0.130 e. The Morgan fingerprint density at radius 3 is 3.00 bits per heavy atom. The lowest BCUT2D eigenvalue weighted by molar-refractivity contribution is 0.261. The lowest BCUT2D eigenvalue weighted by atomic mass is 9.90. The molecule has 0 radical (unpaired) electrons. The van der Waals surface area contributed by atoms with Gasteiger partial charge in [-0.25, -0.2) is 4.98 Å². The largest absolute Gasteiger partial charge is 0.323 e. The first-order chi connectivity index (χ1) is 9.28. The van der Waals surface area contributed by atoms with E-state index in [-0.39, 0.29) is 5.54 Å². The highest BCUT2D eigenvalue weighted by Gasteiger charge is 2.37. The standard InChI is InChI=1S/C15H20N4/c1-15(7-2-3-8-17-15)14-18-12-10-16-9-6-13(12)19(14)11-4-5-11/h6,9-11,17H,2-5,7-8H2,1H3. The van der Waals surface area contributed by atoms with Gasteiger partial charge in [0.15, 0.2) is 0 Å². The molecule has 1 saturated heterocycles. The first kappa shape index (κ1) is 11.4. The molecular formula is C15H20N4. The number of rotatable bonds is 2. The van der Waals surface area contributed by atoms with Crippen LogP contribution in [0.3, 0.4) is 0 Å². The van der Waals surface area contributed by atoms with Crippen LogP contribution in [0.5, 0.6) is 0 Å². The number of pyridine rings is 1. The second-order valence-electron chi connectivity index (χ2n) is 6.12. The van der Waals surface area contributed by atoms with Crippen molar-refractivity contribution in [3.63, 3.8) is 0 Å². The number of aromatic nitrogens is 3. The van der Waals surface area contributed by atoms with Crippen LogP contribution in [0, 0.1) is 0 Å². The molecule has 1 saturated carbocycles. The van der Waals surface area contributed by atoms with Gasteiger partial charge in [0.2, 0.25) is 0 Å². The Bertz CT molecular complexity index is 606. The molecule has 0 aromatic carbocycles. The highest BCUT2D eigenvalue weighted by molar-refractivity contribution is 5.75. The summed E-state index contributed by atoms with van der Waals surface area (Å²) in [5.41, 5.74) is 2.32. The molecule has 0 bridgehead atoms. The number of hydrogen-bond donors (Lipinski definition) is 1. The van der Waals surface area contributed by atoms with E-state index in [1.54, 1.807) is 0 Å². The zero-order valence-corrected chi connectivity index (χ0v) is 11.4. The number of nitrogens with one attached hydrogen (secondary N) is 1. The van der Waals surface area contributed by atoms with Crippen molar-refractivity contribution in [2.45, 2.75) is 50.6 Å². The van der Waals surface area contributed by atoms with Crippen LogP contribution in [0.2, 0.25) is 0 Å². The van der Waals surface area contributed by atoms with Crippen LogP contribution in [0.15, 0.2) is 18.5 Å². The Kier molecular flexibility index (Phi) is 2.42. The number of imidazole rings is 1. The topological polar surface area (TPSA) is 42.7 Å². The summed E-state index contributed by atoms with van der Waals surface area (Å²) in [5, 5.41) is 3.69. The van der Waals surface area contributed by atoms with Crippen LogP contribution in [0.4, 0.5) is 0 Å². The van der Waals surface area contributed by atoms with Gasteiger partial charge in [-0.3, -0.25) is 4.98 Å². The Morgan fingerprint density at radius 2 is 2.26 bits per heavy atom. The molecule has 4 rings (SSSR count). The molecule has 2 fully saturated rings. The molecule has 1 atom stereocenters. The minimum absolute atomic E-state index is 0.0276. The van der Waals surface area contributed by atoms with Crippen molar-refractivity contribution in [2.24, 2.45) is 0 Å². The normalized spacial score (nSPS) is 27.8. The van der Waals surface area contributed by atoms with Gasteiger partial charge >= 0.3 is 0 Å². The Morgan fingerprint density at radius 1 is 1.37 bits per heavy atom. The van der Waals surface area contributed by atoms with Crippen LogP contribution >= 0.6 is 0 Å². The van der Waals surface area contributed by atoms with Crippen molar-refractivity contribution in [3.05, 3.63) is 24.3 Å². The van der Waals surface area contributed by atoms with Crippen LogP contribution in [0.1, 0.15) is 50.9 Å².